The smallest absolute Gasteiger partial charge is 0.338 e. The molecule has 0 saturated heterocycles. The molecule has 0 fully saturated rings. The normalized spacial score (nSPS) is 10.8. The molecule has 0 spiro atoms. The molecule has 152 valence electrons. The van der Waals surface area contributed by atoms with Crippen LogP contribution in [-0.4, -0.2) is 30.2 Å². The highest BCUT2D eigenvalue weighted by molar-refractivity contribution is 5.94. The van der Waals surface area contributed by atoms with E-state index in [2.05, 4.69) is 9.88 Å². The fraction of sp³-hybridized carbons (Fsp3) is 0.318. The van der Waals surface area contributed by atoms with Crippen LogP contribution in [0.15, 0.2) is 42.5 Å². The quantitative estimate of drug-likeness (QED) is 0.492. The van der Waals surface area contributed by atoms with E-state index in [0.29, 0.717) is 17.9 Å². The van der Waals surface area contributed by atoms with Gasteiger partial charge in [0.1, 0.15) is 5.75 Å². The number of anilines is 1. The molecule has 0 aliphatic rings. The van der Waals surface area contributed by atoms with Gasteiger partial charge in [0.05, 0.1) is 25.8 Å². The predicted octanol–water partition coefficient (Wildman–Crippen LogP) is 3.08. The Morgan fingerprint density at radius 2 is 1.83 bits per heavy atom. The van der Waals surface area contributed by atoms with Crippen molar-refractivity contribution in [3.8, 4) is 5.75 Å². The number of amides is 1. The van der Waals surface area contributed by atoms with Gasteiger partial charge in [0, 0.05) is 18.7 Å². The molecule has 0 saturated carbocycles. The van der Waals surface area contributed by atoms with Gasteiger partial charge in [0.15, 0.2) is 17.6 Å². The first-order valence-corrected chi connectivity index (χ1v) is 9.62. The number of aromatic nitrogens is 2. The van der Waals surface area contributed by atoms with Crippen LogP contribution in [0.1, 0.15) is 30.0 Å². The molecular weight excluding hydrogens is 370 g/mol. The lowest BCUT2D eigenvalue weighted by Gasteiger charge is -2.06. The number of hydrogen-bond acceptors (Lipinski definition) is 4. The third-order valence-corrected chi connectivity index (χ3v) is 4.84. The third kappa shape index (κ3) is 4.23. The SMILES string of the molecule is CCOC(=O)c1ccc2c(c1)n(CC(=O)Nc1ccc(OC)cc1)c(C)[n+]2CC. The van der Waals surface area contributed by atoms with E-state index in [-0.39, 0.29) is 18.4 Å². The molecule has 2 aromatic carbocycles. The average molecular weight is 396 g/mol. The highest BCUT2D eigenvalue weighted by Crippen LogP contribution is 2.19. The number of carbonyl (C=O) groups excluding carboxylic acids is 2. The maximum absolute atomic E-state index is 12.7. The van der Waals surface area contributed by atoms with Crippen molar-refractivity contribution in [3.05, 3.63) is 53.9 Å². The van der Waals surface area contributed by atoms with E-state index < -0.39 is 0 Å². The number of benzene rings is 2. The summed E-state index contributed by atoms with van der Waals surface area (Å²) in [4.78, 5) is 24.8. The molecule has 1 amide bonds. The molecule has 29 heavy (non-hydrogen) atoms. The van der Waals surface area contributed by atoms with Crippen molar-refractivity contribution in [2.75, 3.05) is 19.0 Å². The Balaban J connectivity index is 1.91. The first-order valence-electron chi connectivity index (χ1n) is 9.62. The highest BCUT2D eigenvalue weighted by atomic mass is 16.5. The zero-order valence-electron chi connectivity index (χ0n) is 17.2. The largest absolute Gasteiger partial charge is 0.497 e. The standard InChI is InChI=1S/C22H25N3O4/c1-5-24-15(3)25(14-21(26)23-17-8-10-18(28-4)11-9-17)20-13-16(7-12-19(20)24)22(27)29-6-2/h7-13H,5-6,14H2,1-4H3/p+1. The van der Waals surface area contributed by atoms with Crippen LogP contribution in [0.3, 0.4) is 0 Å². The van der Waals surface area contributed by atoms with Crippen LogP contribution in [0.5, 0.6) is 5.75 Å². The molecule has 0 bridgehead atoms. The first kappa shape index (κ1) is 20.4. The van der Waals surface area contributed by atoms with Crippen molar-refractivity contribution < 1.29 is 23.6 Å². The van der Waals surface area contributed by atoms with Crippen molar-refractivity contribution in [2.24, 2.45) is 0 Å². The predicted molar refractivity (Wildman–Crippen MR) is 110 cm³/mol. The summed E-state index contributed by atoms with van der Waals surface area (Å²) < 4.78 is 14.3. The minimum absolute atomic E-state index is 0.133. The Labute approximate surface area is 169 Å². The number of imidazole rings is 1. The monoisotopic (exact) mass is 396 g/mol. The second-order valence-corrected chi connectivity index (χ2v) is 6.58. The van der Waals surface area contributed by atoms with Crippen molar-refractivity contribution in [1.29, 1.82) is 0 Å². The minimum Gasteiger partial charge on any atom is -0.497 e. The van der Waals surface area contributed by atoms with Crippen molar-refractivity contribution in [2.45, 2.75) is 33.9 Å². The average Bonchev–Trinajstić information content (AvgIpc) is 2.99. The lowest BCUT2D eigenvalue weighted by Crippen LogP contribution is -2.35. The lowest BCUT2D eigenvalue weighted by molar-refractivity contribution is -0.674. The number of rotatable bonds is 7. The Bertz CT molecular complexity index is 1040. The fourth-order valence-corrected chi connectivity index (χ4v) is 3.42. The van der Waals surface area contributed by atoms with Crippen LogP contribution in [0.4, 0.5) is 5.69 Å². The van der Waals surface area contributed by atoms with Gasteiger partial charge in [-0.2, -0.15) is 0 Å². The summed E-state index contributed by atoms with van der Waals surface area (Å²) >= 11 is 0. The summed E-state index contributed by atoms with van der Waals surface area (Å²) in [5, 5.41) is 2.90. The molecule has 3 rings (SSSR count). The number of ether oxygens (including phenoxy) is 2. The summed E-state index contributed by atoms with van der Waals surface area (Å²) in [5.74, 6) is 1.14. The molecule has 0 radical (unpaired) electrons. The van der Waals surface area contributed by atoms with Gasteiger partial charge in [-0.15, -0.1) is 0 Å². The molecule has 0 aliphatic carbocycles. The van der Waals surface area contributed by atoms with E-state index in [1.54, 1.807) is 50.4 Å². The van der Waals surface area contributed by atoms with Crippen LogP contribution in [-0.2, 0) is 22.6 Å². The van der Waals surface area contributed by atoms with Gasteiger partial charge in [0.2, 0.25) is 0 Å². The van der Waals surface area contributed by atoms with E-state index in [9.17, 15) is 9.59 Å². The minimum atomic E-state index is -0.370. The molecule has 0 atom stereocenters. The van der Waals surface area contributed by atoms with Crippen molar-refractivity contribution in [3.63, 3.8) is 0 Å². The number of nitrogens with one attached hydrogen (secondary N) is 1. The second kappa shape index (κ2) is 8.77. The first-order chi connectivity index (χ1) is 14.0. The van der Waals surface area contributed by atoms with E-state index in [0.717, 1.165) is 29.2 Å². The number of aryl methyl sites for hydroxylation is 1. The number of carbonyl (C=O) groups is 2. The lowest BCUT2D eigenvalue weighted by atomic mass is 10.2. The van der Waals surface area contributed by atoms with E-state index in [4.69, 9.17) is 9.47 Å². The highest BCUT2D eigenvalue weighted by Gasteiger charge is 2.24. The zero-order chi connectivity index (χ0) is 21.0. The molecule has 1 aromatic heterocycles. The van der Waals surface area contributed by atoms with E-state index in [1.807, 2.05) is 24.5 Å². The van der Waals surface area contributed by atoms with Gasteiger partial charge >= 0.3 is 5.97 Å². The fourth-order valence-electron chi connectivity index (χ4n) is 3.42. The molecule has 1 heterocycles. The molecular formula is C22H26N3O4+. The van der Waals surface area contributed by atoms with E-state index in [1.165, 1.54) is 0 Å². The summed E-state index contributed by atoms with van der Waals surface area (Å²) in [6, 6.07) is 12.6. The molecule has 0 aliphatic heterocycles. The Morgan fingerprint density at radius 3 is 2.45 bits per heavy atom. The summed E-state index contributed by atoms with van der Waals surface area (Å²) in [7, 11) is 1.60. The van der Waals surface area contributed by atoms with Gasteiger partial charge in [-0.1, -0.05) is 0 Å². The molecule has 3 aromatic rings. The number of fused-ring (bicyclic) bond motifs is 1. The van der Waals surface area contributed by atoms with E-state index >= 15 is 0 Å². The molecule has 7 nitrogen and oxygen atoms in total. The topological polar surface area (TPSA) is 73.4 Å². The summed E-state index contributed by atoms with van der Waals surface area (Å²) in [6.07, 6.45) is 0. The number of nitrogens with zero attached hydrogens (tertiary/aromatic N) is 2. The summed E-state index contributed by atoms with van der Waals surface area (Å²) in [6.45, 7) is 7.00. The van der Waals surface area contributed by atoms with Gasteiger partial charge < -0.3 is 14.8 Å². The zero-order valence-corrected chi connectivity index (χ0v) is 17.2. The van der Waals surface area contributed by atoms with Crippen molar-refractivity contribution in [1.82, 2.24) is 4.57 Å². The number of esters is 1. The van der Waals surface area contributed by atoms with Gasteiger partial charge in [-0.25, -0.2) is 13.9 Å². The Hall–Kier alpha value is -3.35. The van der Waals surface area contributed by atoms with Crippen LogP contribution in [0.25, 0.3) is 11.0 Å². The third-order valence-electron chi connectivity index (χ3n) is 4.84. The van der Waals surface area contributed by atoms with Crippen LogP contribution in [0.2, 0.25) is 0 Å². The van der Waals surface area contributed by atoms with Gasteiger partial charge in [-0.3, -0.25) is 4.79 Å². The second-order valence-electron chi connectivity index (χ2n) is 6.58. The maximum atomic E-state index is 12.7. The summed E-state index contributed by atoms with van der Waals surface area (Å²) in [5.41, 5.74) is 2.95. The Kier molecular flexibility index (Phi) is 6.16. The number of hydrogen-bond donors (Lipinski definition) is 1. The van der Waals surface area contributed by atoms with Gasteiger partial charge in [-0.05, 0) is 50.2 Å². The van der Waals surface area contributed by atoms with Gasteiger partial charge in [0.25, 0.3) is 11.7 Å². The van der Waals surface area contributed by atoms with Crippen LogP contribution >= 0.6 is 0 Å². The number of methoxy groups -OCH3 is 1. The Morgan fingerprint density at radius 1 is 1.10 bits per heavy atom. The molecule has 0 unspecified atom stereocenters. The molecule has 1 N–H and O–H groups in total. The maximum Gasteiger partial charge on any atom is 0.338 e. The van der Waals surface area contributed by atoms with Crippen LogP contribution in [0, 0.1) is 6.92 Å². The molecule has 7 heteroatoms. The van der Waals surface area contributed by atoms with Crippen LogP contribution < -0.4 is 14.6 Å². The van der Waals surface area contributed by atoms with Crippen molar-refractivity contribution >= 4 is 28.6 Å².